The van der Waals surface area contributed by atoms with Crippen LogP contribution < -0.4 is 11.1 Å². The van der Waals surface area contributed by atoms with Gasteiger partial charge < -0.3 is 16.0 Å². The maximum Gasteiger partial charge on any atom is 0.366 e. The van der Waals surface area contributed by atoms with Crippen molar-refractivity contribution in [3.63, 3.8) is 0 Å². The molecule has 3 heterocycles. The highest BCUT2D eigenvalue weighted by atomic mass is 19.3. The molecular weight excluding hydrogens is 437 g/mol. The van der Waals surface area contributed by atoms with Crippen molar-refractivity contribution in [2.45, 2.75) is 50.6 Å². The average Bonchev–Trinajstić information content (AvgIpc) is 3.04. The monoisotopic (exact) mass is 460 g/mol. The first-order valence-corrected chi connectivity index (χ1v) is 10.6. The number of pyridine rings is 1. The van der Waals surface area contributed by atoms with Crippen molar-refractivity contribution in [1.29, 1.82) is 0 Å². The lowest BCUT2D eigenvalue weighted by molar-refractivity contribution is -0.165. The molecule has 0 saturated carbocycles. The van der Waals surface area contributed by atoms with Gasteiger partial charge in [0.1, 0.15) is 11.5 Å². The van der Waals surface area contributed by atoms with E-state index in [-0.39, 0.29) is 18.4 Å². The SMILES string of the molecule is Cc1cc(NC(=O)c2ccnc(C(F)(F)C(=O)N3[C@@H]4CC[C@H]3C[C@@H](C(N)=O)C4)c2)ccc1F. The number of primary amides is 1. The maximum absolute atomic E-state index is 15.2. The summed E-state index contributed by atoms with van der Waals surface area (Å²) in [7, 11) is 0. The molecule has 0 spiro atoms. The largest absolute Gasteiger partial charge is 0.369 e. The Morgan fingerprint density at radius 2 is 1.79 bits per heavy atom. The number of benzene rings is 1. The summed E-state index contributed by atoms with van der Waals surface area (Å²) >= 11 is 0. The lowest BCUT2D eigenvalue weighted by Crippen LogP contribution is -2.53. The third kappa shape index (κ3) is 4.29. The molecule has 2 bridgehead atoms. The minimum atomic E-state index is -3.96. The van der Waals surface area contributed by atoms with Gasteiger partial charge in [-0.25, -0.2) is 4.39 Å². The first-order valence-electron chi connectivity index (χ1n) is 10.6. The topological polar surface area (TPSA) is 105 Å². The molecule has 3 amide bonds. The van der Waals surface area contributed by atoms with Gasteiger partial charge in [0.2, 0.25) is 5.91 Å². The van der Waals surface area contributed by atoms with Crippen molar-refractivity contribution in [2.75, 3.05) is 5.32 Å². The predicted octanol–water partition coefficient (Wildman–Crippen LogP) is 3.13. The molecule has 1 aromatic heterocycles. The van der Waals surface area contributed by atoms with Gasteiger partial charge in [-0.2, -0.15) is 8.78 Å². The van der Waals surface area contributed by atoms with Crippen LogP contribution in [0.4, 0.5) is 18.9 Å². The number of nitrogens with one attached hydrogen (secondary N) is 1. The zero-order valence-electron chi connectivity index (χ0n) is 17.9. The van der Waals surface area contributed by atoms with Gasteiger partial charge in [-0.1, -0.05) is 0 Å². The van der Waals surface area contributed by atoms with E-state index in [2.05, 4.69) is 10.3 Å². The van der Waals surface area contributed by atoms with E-state index in [0.29, 0.717) is 24.1 Å². The van der Waals surface area contributed by atoms with Crippen molar-refractivity contribution in [2.24, 2.45) is 11.7 Å². The number of halogens is 3. The molecule has 0 radical (unpaired) electrons. The Balaban J connectivity index is 1.53. The molecule has 174 valence electrons. The highest BCUT2D eigenvalue weighted by Gasteiger charge is 2.53. The Bertz CT molecular complexity index is 1110. The van der Waals surface area contributed by atoms with Crippen LogP contribution in [-0.2, 0) is 15.5 Å². The maximum atomic E-state index is 15.2. The van der Waals surface area contributed by atoms with Crippen LogP contribution in [0, 0.1) is 18.7 Å². The molecule has 4 rings (SSSR count). The Morgan fingerprint density at radius 1 is 1.12 bits per heavy atom. The van der Waals surface area contributed by atoms with Gasteiger partial charge in [-0.05, 0) is 68.5 Å². The number of aromatic nitrogens is 1. The minimum absolute atomic E-state index is 0.120. The second-order valence-electron chi connectivity index (χ2n) is 8.59. The predicted molar refractivity (Wildman–Crippen MR) is 113 cm³/mol. The number of rotatable bonds is 5. The summed E-state index contributed by atoms with van der Waals surface area (Å²) in [5, 5.41) is 2.52. The van der Waals surface area contributed by atoms with Crippen molar-refractivity contribution >= 4 is 23.4 Å². The van der Waals surface area contributed by atoms with Crippen LogP contribution in [0.3, 0.4) is 0 Å². The molecule has 0 aliphatic carbocycles. The van der Waals surface area contributed by atoms with Gasteiger partial charge in [-0.3, -0.25) is 19.4 Å². The summed E-state index contributed by atoms with van der Waals surface area (Å²) in [6.07, 6.45) is 2.63. The third-order valence-electron chi connectivity index (χ3n) is 6.40. The van der Waals surface area contributed by atoms with Crippen molar-refractivity contribution < 1.29 is 27.6 Å². The van der Waals surface area contributed by atoms with Crippen molar-refractivity contribution in [3.05, 3.63) is 59.2 Å². The lowest BCUT2D eigenvalue weighted by atomic mass is 9.89. The van der Waals surface area contributed by atoms with Crippen LogP contribution in [0.2, 0.25) is 0 Å². The van der Waals surface area contributed by atoms with Crippen LogP contribution in [-0.4, -0.2) is 39.7 Å². The van der Waals surface area contributed by atoms with Crippen LogP contribution in [0.1, 0.15) is 47.3 Å². The molecule has 10 heteroatoms. The van der Waals surface area contributed by atoms with Gasteiger partial charge in [0.15, 0.2) is 0 Å². The number of nitrogens with zero attached hydrogens (tertiary/aromatic N) is 2. The number of piperidine rings is 1. The zero-order valence-corrected chi connectivity index (χ0v) is 17.9. The number of anilines is 1. The summed E-state index contributed by atoms with van der Waals surface area (Å²) in [4.78, 5) is 41.8. The number of fused-ring (bicyclic) bond motifs is 2. The van der Waals surface area contributed by atoms with E-state index >= 15 is 8.78 Å². The number of hydrogen-bond acceptors (Lipinski definition) is 4. The van der Waals surface area contributed by atoms with Crippen molar-refractivity contribution in [3.8, 4) is 0 Å². The number of hydrogen-bond donors (Lipinski definition) is 2. The highest BCUT2D eigenvalue weighted by molar-refractivity contribution is 6.04. The summed E-state index contributed by atoms with van der Waals surface area (Å²) < 4.78 is 43.9. The Labute approximate surface area is 188 Å². The van der Waals surface area contributed by atoms with Gasteiger partial charge >= 0.3 is 5.92 Å². The lowest BCUT2D eigenvalue weighted by Gasteiger charge is -2.39. The van der Waals surface area contributed by atoms with E-state index in [4.69, 9.17) is 5.73 Å². The fourth-order valence-electron chi connectivity index (χ4n) is 4.68. The normalized spacial score (nSPS) is 22.2. The molecule has 1 aromatic carbocycles. The van der Waals surface area contributed by atoms with E-state index in [1.807, 2.05) is 0 Å². The van der Waals surface area contributed by atoms with Crippen LogP contribution in [0.15, 0.2) is 36.5 Å². The smallest absolute Gasteiger partial charge is 0.366 e. The molecule has 2 aliphatic heterocycles. The molecule has 7 nitrogen and oxygen atoms in total. The molecule has 2 aliphatic rings. The number of nitrogens with two attached hydrogens (primary N) is 1. The molecule has 2 fully saturated rings. The molecule has 33 heavy (non-hydrogen) atoms. The second kappa shape index (κ2) is 8.49. The number of carbonyl (C=O) groups excluding carboxylic acids is 3. The van der Waals surface area contributed by atoms with Gasteiger partial charge in [0.05, 0.1) is 0 Å². The van der Waals surface area contributed by atoms with Gasteiger partial charge in [0, 0.05) is 35.4 Å². The van der Waals surface area contributed by atoms with Gasteiger partial charge in [-0.15, -0.1) is 0 Å². The van der Waals surface area contributed by atoms with E-state index in [9.17, 15) is 18.8 Å². The summed E-state index contributed by atoms with van der Waals surface area (Å²) in [5.41, 5.74) is 5.03. The van der Waals surface area contributed by atoms with Crippen molar-refractivity contribution in [1.82, 2.24) is 9.88 Å². The third-order valence-corrected chi connectivity index (χ3v) is 6.40. The summed E-state index contributed by atoms with van der Waals surface area (Å²) in [6, 6.07) is 5.12. The Morgan fingerprint density at radius 3 is 2.39 bits per heavy atom. The Hall–Kier alpha value is -3.43. The van der Waals surface area contributed by atoms with E-state index < -0.39 is 53.2 Å². The molecule has 2 aromatic rings. The number of amides is 3. The number of alkyl halides is 2. The van der Waals surface area contributed by atoms with E-state index in [0.717, 1.165) is 17.2 Å². The van der Waals surface area contributed by atoms with Crippen LogP contribution in [0.25, 0.3) is 0 Å². The molecule has 3 atom stereocenters. The fourth-order valence-corrected chi connectivity index (χ4v) is 4.68. The first-order chi connectivity index (χ1) is 15.6. The quantitative estimate of drug-likeness (QED) is 0.715. The van der Waals surface area contributed by atoms with Crippen LogP contribution >= 0.6 is 0 Å². The summed E-state index contributed by atoms with van der Waals surface area (Å²) in [5.74, 6) is -7.40. The highest BCUT2D eigenvalue weighted by Crippen LogP contribution is 2.42. The zero-order chi connectivity index (χ0) is 23.9. The minimum Gasteiger partial charge on any atom is -0.369 e. The van der Waals surface area contributed by atoms with E-state index in [1.54, 1.807) is 0 Å². The molecule has 2 saturated heterocycles. The number of carbonyl (C=O) groups is 3. The Kier molecular flexibility index (Phi) is 5.85. The summed E-state index contributed by atoms with van der Waals surface area (Å²) in [6.45, 7) is 1.53. The average molecular weight is 460 g/mol. The fraction of sp³-hybridized carbons (Fsp3) is 0.391. The first kappa shape index (κ1) is 22.8. The molecule has 0 unspecified atom stereocenters. The standard InChI is InChI=1S/C23H23F3N4O3/c1-12-8-15(2-5-18(12)24)29-21(32)13-6-7-28-19(11-13)23(25,26)22(33)30-16-3-4-17(30)10-14(9-16)20(27)31/h2,5-8,11,14,16-17H,3-4,9-10H2,1H3,(H2,27,31)(H,29,32)/t14-,16+,17-. The molecular formula is C23H23F3N4O3. The van der Waals surface area contributed by atoms with E-state index in [1.165, 1.54) is 31.2 Å². The number of aryl methyl sites for hydroxylation is 1. The molecule has 3 N–H and O–H groups in total. The van der Waals surface area contributed by atoms with Gasteiger partial charge in [0.25, 0.3) is 11.8 Å². The van der Waals surface area contributed by atoms with Crippen LogP contribution in [0.5, 0.6) is 0 Å². The second-order valence-corrected chi connectivity index (χ2v) is 8.59.